The number of nitrogens with zero attached hydrogens (tertiary/aromatic N) is 1. The Kier molecular flexibility index (Phi) is 4.77. The molecule has 4 rings (SSSR count). The Morgan fingerprint density at radius 2 is 2.08 bits per heavy atom. The molecule has 1 saturated heterocycles. The van der Waals surface area contributed by atoms with Crippen molar-refractivity contribution in [1.82, 2.24) is 9.88 Å². The third-order valence-corrected chi connectivity index (χ3v) is 6.58. The number of H-pyrrole nitrogens is 1. The Morgan fingerprint density at radius 3 is 2.96 bits per heavy atom. The maximum Gasteiger partial charge on any atom is 0.223 e. The molecular weight excluding hydrogens is 332 g/mol. The lowest BCUT2D eigenvalue weighted by Gasteiger charge is -2.44. The van der Waals surface area contributed by atoms with Gasteiger partial charge in [-0.25, -0.2) is 0 Å². The smallest absolute Gasteiger partial charge is 0.223 e. The molecule has 25 heavy (non-hydrogen) atoms. The van der Waals surface area contributed by atoms with Crippen LogP contribution in [0.4, 0.5) is 0 Å². The number of nitrogens with one attached hydrogen (secondary N) is 1. The highest BCUT2D eigenvalue weighted by atomic mass is 35.5. The van der Waals surface area contributed by atoms with E-state index in [9.17, 15) is 4.79 Å². The van der Waals surface area contributed by atoms with E-state index in [-0.39, 0.29) is 5.92 Å². The molecule has 3 nitrogen and oxygen atoms in total. The van der Waals surface area contributed by atoms with E-state index in [2.05, 4.69) is 16.8 Å². The molecule has 2 aromatic rings. The SMILES string of the molecule is CC(CC(=O)N1CCC[C@H]2CCCC[C@@H]21)c1c[nH]c2cccc(Cl)c12. The number of hydrogen-bond donors (Lipinski definition) is 1. The van der Waals surface area contributed by atoms with Gasteiger partial charge in [-0.2, -0.15) is 0 Å². The molecule has 1 aromatic carbocycles. The molecule has 1 aliphatic carbocycles. The van der Waals surface area contributed by atoms with Crippen molar-refractivity contribution in [3.63, 3.8) is 0 Å². The van der Waals surface area contributed by atoms with Gasteiger partial charge in [-0.3, -0.25) is 4.79 Å². The highest BCUT2D eigenvalue weighted by Crippen LogP contribution is 2.37. The third kappa shape index (κ3) is 3.19. The molecule has 1 aliphatic heterocycles. The van der Waals surface area contributed by atoms with Crippen LogP contribution in [0.2, 0.25) is 5.02 Å². The van der Waals surface area contributed by atoms with Gasteiger partial charge in [0.1, 0.15) is 0 Å². The van der Waals surface area contributed by atoms with Crippen molar-refractivity contribution in [2.75, 3.05) is 6.54 Å². The summed E-state index contributed by atoms with van der Waals surface area (Å²) in [6, 6.07) is 6.41. The van der Waals surface area contributed by atoms with E-state index >= 15 is 0 Å². The number of hydrogen-bond acceptors (Lipinski definition) is 1. The summed E-state index contributed by atoms with van der Waals surface area (Å²) in [7, 11) is 0. The number of aromatic amines is 1. The number of likely N-dealkylation sites (tertiary alicyclic amines) is 1. The molecule has 4 heteroatoms. The average Bonchev–Trinajstić information content (AvgIpc) is 3.07. The van der Waals surface area contributed by atoms with E-state index in [1.165, 1.54) is 38.5 Å². The number of carbonyl (C=O) groups is 1. The maximum absolute atomic E-state index is 13.1. The summed E-state index contributed by atoms with van der Waals surface area (Å²) in [5, 5.41) is 1.83. The van der Waals surface area contributed by atoms with Crippen LogP contribution in [0.5, 0.6) is 0 Å². The second-order valence-corrected chi connectivity index (χ2v) is 8.26. The van der Waals surface area contributed by atoms with Crippen LogP contribution in [-0.2, 0) is 4.79 Å². The lowest BCUT2D eigenvalue weighted by molar-refractivity contribution is -0.137. The fourth-order valence-electron chi connectivity index (χ4n) is 4.98. The molecule has 2 fully saturated rings. The van der Waals surface area contributed by atoms with E-state index in [1.807, 2.05) is 24.4 Å². The van der Waals surface area contributed by atoms with Gasteiger partial charge in [0.05, 0.1) is 5.02 Å². The first-order valence-electron chi connectivity index (χ1n) is 9.70. The monoisotopic (exact) mass is 358 g/mol. The number of halogens is 1. The van der Waals surface area contributed by atoms with Crippen molar-refractivity contribution in [3.8, 4) is 0 Å². The van der Waals surface area contributed by atoms with Gasteiger partial charge in [-0.15, -0.1) is 0 Å². The third-order valence-electron chi connectivity index (χ3n) is 6.26. The summed E-state index contributed by atoms with van der Waals surface area (Å²) >= 11 is 6.41. The summed E-state index contributed by atoms with van der Waals surface area (Å²) in [6.07, 6.45) is 10.2. The molecule has 1 saturated carbocycles. The van der Waals surface area contributed by atoms with Crippen LogP contribution >= 0.6 is 11.6 Å². The first kappa shape index (κ1) is 17.0. The van der Waals surface area contributed by atoms with E-state index in [4.69, 9.17) is 11.6 Å². The van der Waals surface area contributed by atoms with Crippen LogP contribution in [0.15, 0.2) is 24.4 Å². The second kappa shape index (κ2) is 7.03. The first-order valence-corrected chi connectivity index (χ1v) is 10.1. The van der Waals surface area contributed by atoms with Gasteiger partial charge in [0.2, 0.25) is 5.91 Å². The van der Waals surface area contributed by atoms with Gasteiger partial charge >= 0.3 is 0 Å². The summed E-state index contributed by atoms with van der Waals surface area (Å²) in [4.78, 5) is 18.6. The lowest BCUT2D eigenvalue weighted by atomic mass is 9.78. The Morgan fingerprint density at radius 1 is 1.28 bits per heavy atom. The number of aromatic nitrogens is 1. The van der Waals surface area contributed by atoms with Crippen molar-refractivity contribution in [2.24, 2.45) is 5.92 Å². The molecule has 0 radical (unpaired) electrons. The normalized spacial score (nSPS) is 25.0. The fraction of sp³-hybridized carbons (Fsp3) is 0.571. The Balaban J connectivity index is 1.51. The molecule has 3 atom stereocenters. The molecule has 2 heterocycles. The van der Waals surface area contributed by atoms with Gasteiger partial charge in [0, 0.05) is 36.1 Å². The number of fused-ring (bicyclic) bond motifs is 2. The number of amides is 1. The van der Waals surface area contributed by atoms with Crippen LogP contribution in [0.25, 0.3) is 10.9 Å². The van der Waals surface area contributed by atoms with Crippen LogP contribution in [-0.4, -0.2) is 28.4 Å². The minimum absolute atomic E-state index is 0.171. The molecule has 0 bridgehead atoms. The van der Waals surface area contributed by atoms with Crippen molar-refractivity contribution in [2.45, 2.75) is 63.8 Å². The molecule has 134 valence electrons. The van der Waals surface area contributed by atoms with Gasteiger partial charge < -0.3 is 9.88 Å². The minimum Gasteiger partial charge on any atom is -0.361 e. The number of benzene rings is 1. The number of carbonyl (C=O) groups excluding carboxylic acids is 1. The highest BCUT2D eigenvalue weighted by Gasteiger charge is 2.36. The van der Waals surface area contributed by atoms with Crippen molar-refractivity contribution in [3.05, 3.63) is 35.0 Å². The zero-order valence-electron chi connectivity index (χ0n) is 14.9. The number of piperidine rings is 1. The summed E-state index contributed by atoms with van der Waals surface area (Å²) in [5.41, 5.74) is 2.21. The molecular formula is C21H27ClN2O. The predicted octanol–water partition coefficient (Wildman–Crippen LogP) is 5.50. The molecule has 1 amide bonds. The van der Waals surface area contributed by atoms with E-state index in [0.29, 0.717) is 18.4 Å². The van der Waals surface area contributed by atoms with Crippen molar-refractivity contribution < 1.29 is 4.79 Å². The molecule has 2 aliphatic rings. The second-order valence-electron chi connectivity index (χ2n) is 7.85. The lowest BCUT2D eigenvalue weighted by Crippen LogP contribution is -2.49. The first-order chi connectivity index (χ1) is 12.1. The molecule has 1 aromatic heterocycles. The van der Waals surface area contributed by atoms with Gasteiger partial charge in [0.25, 0.3) is 0 Å². The molecule has 0 spiro atoms. The standard InChI is InChI=1S/C21H27ClN2O/c1-14(16-13-23-18-9-4-8-17(22)21(16)18)12-20(25)24-11-5-7-15-6-2-3-10-19(15)24/h4,8-9,13-15,19,23H,2-3,5-7,10-12H2,1H3/t14?,15-,19+/m1/s1. The predicted molar refractivity (Wildman–Crippen MR) is 103 cm³/mol. The zero-order chi connectivity index (χ0) is 17.4. The minimum atomic E-state index is 0.171. The molecule has 1 N–H and O–H groups in total. The highest BCUT2D eigenvalue weighted by molar-refractivity contribution is 6.35. The largest absolute Gasteiger partial charge is 0.361 e. The summed E-state index contributed by atoms with van der Waals surface area (Å²) in [6.45, 7) is 3.09. The zero-order valence-corrected chi connectivity index (χ0v) is 15.7. The van der Waals surface area contributed by atoms with E-state index in [1.54, 1.807) is 0 Å². The summed E-state index contributed by atoms with van der Waals surface area (Å²) in [5.74, 6) is 1.24. The van der Waals surface area contributed by atoms with Gasteiger partial charge in [-0.05, 0) is 55.2 Å². The van der Waals surface area contributed by atoms with Crippen LogP contribution in [0.3, 0.4) is 0 Å². The Labute approximate surface area is 154 Å². The average molecular weight is 359 g/mol. The van der Waals surface area contributed by atoms with Crippen molar-refractivity contribution >= 4 is 28.4 Å². The number of rotatable bonds is 3. The van der Waals surface area contributed by atoms with Crippen molar-refractivity contribution in [1.29, 1.82) is 0 Å². The summed E-state index contributed by atoms with van der Waals surface area (Å²) < 4.78 is 0. The Bertz CT molecular complexity index is 766. The quantitative estimate of drug-likeness (QED) is 0.773. The van der Waals surface area contributed by atoms with Gasteiger partial charge in [-0.1, -0.05) is 37.4 Å². The van der Waals surface area contributed by atoms with Gasteiger partial charge in [0.15, 0.2) is 0 Å². The fourth-order valence-corrected chi connectivity index (χ4v) is 5.26. The van der Waals surface area contributed by atoms with Crippen LogP contribution in [0, 0.1) is 5.92 Å². The van der Waals surface area contributed by atoms with Crippen LogP contribution < -0.4 is 0 Å². The maximum atomic E-state index is 13.1. The Hall–Kier alpha value is -1.48. The van der Waals surface area contributed by atoms with Crippen LogP contribution in [0.1, 0.15) is 63.4 Å². The van der Waals surface area contributed by atoms with E-state index < -0.39 is 0 Å². The van der Waals surface area contributed by atoms with E-state index in [0.717, 1.165) is 34.0 Å². The topological polar surface area (TPSA) is 36.1 Å². The molecule has 1 unspecified atom stereocenters.